The van der Waals surface area contributed by atoms with Crippen LogP contribution in [0.1, 0.15) is 6.92 Å². The first kappa shape index (κ1) is 13.0. The standard InChI is InChI=1S/C15H17N3O/c1-2-18(14-10-8-12(16)9-11-14)15(19)17-13-6-4-3-5-7-13/h3-11H,2,16H2,1H3,(H,17,19). The highest BCUT2D eigenvalue weighted by molar-refractivity contribution is 6.01. The minimum atomic E-state index is -0.154. The largest absolute Gasteiger partial charge is 0.399 e. The van der Waals surface area contributed by atoms with Crippen LogP contribution in [0.4, 0.5) is 21.9 Å². The van der Waals surface area contributed by atoms with Crippen LogP contribution >= 0.6 is 0 Å². The highest BCUT2D eigenvalue weighted by Gasteiger charge is 2.13. The van der Waals surface area contributed by atoms with Gasteiger partial charge in [0.1, 0.15) is 0 Å². The summed E-state index contributed by atoms with van der Waals surface area (Å²) in [4.78, 5) is 13.9. The van der Waals surface area contributed by atoms with Crippen LogP contribution in [-0.4, -0.2) is 12.6 Å². The Morgan fingerprint density at radius 1 is 1.11 bits per heavy atom. The smallest absolute Gasteiger partial charge is 0.326 e. The van der Waals surface area contributed by atoms with Gasteiger partial charge in [-0.2, -0.15) is 0 Å². The van der Waals surface area contributed by atoms with E-state index in [2.05, 4.69) is 5.32 Å². The zero-order valence-corrected chi connectivity index (χ0v) is 10.8. The van der Waals surface area contributed by atoms with Gasteiger partial charge in [0, 0.05) is 23.6 Å². The lowest BCUT2D eigenvalue weighted by Crippen LogP contribution is -2.34. The lowest BCUT2D eigenvalue weighted by atomic mass is 10.2. The Bertz CT molecular complexity index is 537. The topological polar surface area (TPSA) is 58.4 Å². The number of nitrogens with zero attached hydrogens (tertiary/aromatic N) is 1. The number of amides is 2. The average molecular weight is 255 g/mol. The molecule has 0 aromatic heterocycles. The molecule has 2 aromatic carbocycles. The summed E-state index contributed by atoms with van der Waals surface area (Å²) in [5.74, 6) is 0. The summed E-state index contributed by atoms with van der Waals surface area (Å²) < 4.78 is 0. The summed E-state index contributed by atoms with van der Waals surface area (Å²) in [5, 5.41) is 2.86. The summed E-state index contributed by atoms with van der Waals surface area (Å²) in [5.41, 5.74) is 7.94. The molecule has 0 bridgehead atoms. The van der Waals surface area contributed by atoms with Gasteiger partial charge in [-0.25, -0.2) is 4.79 Å². The minimum absolute atomic E-state index is 0.154. The van der Waals surface area contributed by atoms with E-state index >= 15 is 0 Å². The Morgan fingerprint density at radius 2 is 1.74 bits per heavy atom. The van der Waals surface area contributed by atoms with Crippen LogP contribution in [0.5, 0.6) is 0 Å². The van der Waals surface area contributed by atoms with Crippen molar-refractivity contribution in [3.05, 3.63) is 54.6 Å². The fraction of sp³-hybridized carbons (Fsp3) is 0.133. The van der Waals surface area contributed by atoms with E-state index in [4.69, 9.17) is 5.73 Å². The predicted molar refractivity (Wildman–Crippen MR) is 79.3 cm³/mol. The van der Waals surface area contributed by atoms with Gasteiger partial charge in [-0.1, -0.05) is 18.2 Å². The molecule has 2 rings (SSSR count). The summed E-state index contributed by atoms with van der Waals surface area (Å²) in [7, 11) is 0. The number of nitrogen functional groups attached to an aromatic ring is 1. The molecule has 0 saturated heterocycles. The van der Waals surface area contributed by atoms with Crippen molar-refractivity contribution in [2.24, 2.45) is 0 Å². The molecular weight excluding hydrogens is 238 g/mol. The van der Waals surface area contributed by atoms with Crippen molar-refractivity contribution in [3.63, 3.8) is 0 Å². The molecule has 3 N–H and O–H groups in total. The number of benzene rings is 2. The molecule has 0 aliphatic heterocycles. The monoisotopic (exact) mass is 255 g/mol. The van der Waals surface area contributed by atoms with Gasteiger partial charge in [0.15, 0.2) is 0 Å². The molecule has 0 fully saturated rings. The third-order valence-corrected chi connectivity index (χ3v) is 2.79. The van der Waals surface area contributed by atoms with Crippen LogP contribution in [0.25, 0.3) is 0 Å². The van der Waals surface area contributed by atoms with Gasteiger partial charge < -0.3 is 11.1 Å². The van der Waals surface area contributed by atoms with E-state index < -0.39 is 0 Å². The normalized spacial score (nSPS) is 9.95. The quantitative estimate of drug-likeness (QED) is 0.826. The fourth-order valence-electron chi connectivity index (χ4n) is 1.81. The second-order valence-electron chi connectivity index (χ2n) is 4.13. The summed E-state index contributed by atoms with van der Waals surface area (Å²) in [6.45, 7) is 2.52. The molecule has 0 aliphatic rings. The maximum Gasteiger partial charge on any atom is 0.326 e. The number of nitrogens with two attached hydrogens (primary N) is 1. The van der Waals surface area contributed by atoms with Crippen molar-refractivity contribution in [2.75, 3.05) is 22.5 Å². The molecule has 0 spiro atoms. The Morgan fingerprint density at radius 3 is 2.32 bits per heavy atom. The third kappa shape index (κ3) is 3.25. The van der Waals surface area contributed by atoms with E-state index in [9.17, 15) is 4.79 Å². The maximum atomic E-state index is 12.2. The van der Waals surface area contributed by atoms with Crippen LogP contribution in [0.15, 0.2) is 54.6 Å². The van der Waals surface area contributed by atoms with Crippen LogP contribution < -0.4 is 16.0 Å². The number of carbonyl (C=O) groups excluding carboxylic acids is 1. The van der Waals surface area contributed by atoms with E-state index in [1.807, 2.05) is 49.4 Å². The first-order valence-corrected chi connectivity index (χ1v) is 6.20. The first-order chi connectivity index (χ1) is 9.20. The molecule has 0 atom stereocenters. The molecule has 0 saturated carbocycles. The summed E-state index contributed by atoms with van der Waals surface area (Å²) in [6, 6.07) is 16.5. The van der Waals surface area contributed by atoms with Crippen LogP contribution in [0, 0.1) is 0 Å². The summed E-state index contributed by atoms with van der Waals surface area (Å²) in [6.07, 6.45) is 0. The molecular formula is C15H17N3O. The molecule has 4 heteroatoms. The zero-order valence-electron chi connectivity index (χ0n) is 10.8. The van der Waals surface area contributed by atoms with Crippen molar-refractivity contribution in [2.45, 2.75) is 6.92 Å². The molecule has 19 heavy (non-hydrogen) atoms. The molecule has 0 aliphatic carbocycles. The van der Waals surface area contributed by atoms with Crippen molar-refractivity contribution >= 4 is 23.1 Å². The number of hydrogen-bond acceptors (Lipinski definition) is 2. The predicted octanol–water partition coefficient (Wildman–Crippen LogP) is 3.33. The van der Waals surface area contributed by atoms with Crippen LogP contribution in [0.2, 0.25) is 0 Å². The number of para-hydroxylation sites is 1. The van der Waals surface area contributed by atoms with Gasteiger partial charge in [0.25, 0.3) is 0 Å². The van der Waals surface area contributed by atoms with Gasteiger partial charge >= 0.3 is 6.03 Å². The molecule has 2 amide bonds. The molecule has 4 nitrogen and oxygen atoms in total. The number of anilines is 3. The average Bonchev–Trinajstić information content (AvgIpc) is 2.43. The van der Waals surface area contributed by atoms with Gasteiger partial charge in [0.2, 0.25) is 0 Å². The lowest BCUT2D eigenvalue weighted by Gasteiger charge is -2.21. The highest BCUT2D eigenvalue weighted by atomic mass is 16.2. The van der Waals surface area contributed by atoms with Gasteiger partial charge in [-0.15, -0.1) is 0 Å². The highest BCUT2D eigenvalue weighted by Crippen LogP contribution is 2.17. The van der Waals surface area contributed by atoms with E-state index in [1.54, 1.807) is 17.0 Å². The zero-order chi connectivity index (χ0) is 13.7. The Hall–Kier alpha value is -2.49. The maximum absolute atomic E-state index is 12.2. The summed E-state index contributed by atoms with van der Waals surface area (Å²) >= 11 is 0. The lowest BCUT2D eigenvalue weighted by molar-refractivity contribution is 0.257. The molecule has 2 aromatic rings. The van der Waals surface area contributed by atoms with Crippen molar-refractivity contribution in [1.82, 2.24) is 0 Å². The number of hydrogen-bond donors (Lipinski definition) is 2. The molecule has 0 unspecified atom stereocenters. The SMILES string of the molecule is CCN(C(=O)Nc1ccccc1)c1ccc(N)cc1. The van der Waals surface area contributed by atoms with Crippen LogP contribution in [-0.2, 0) is 0 Å². The van der Waals surface area contributed by atoms with Gasteiger partial charge in [0.05, 0.1) is 0 Å². The minimum Gasteiger partial charge on any atom is -0.399 e. The van der Waals surface area contributed by atoms with Crippen molar-refractivity contribution in [3.8, 4) is 0 Å². The van der Waals surface area contributed by atoms with E-state index in [0.29, 0.717) is 12.2 Å². The Kier molecular flexibility index (Phi) is 4.03. The van der Waals surface area contributed by atoms with Crippen LogP contribution in [0.3, 0.4) is 0 Å². The fourth-order valence-corrected chi connectivity index (χ4v) is 1.81. The van der Waals surface area contributed by atoms with Crippen molar-refractivity contribution in [1.29, 1.82) is 0 Å². The third-order valence-electron chi connectivity index (χ3n) is 2.79. The second-order valence-corrected chi connectivity index (χ2v) is 4.13. The van der Waals surface area contributed by atoms with Gasteiger partial charge in [-0.3, -0.25) is 4.90 Å². The van der Waals surface area contributed by atoms with E-state index in [0.717, 1.165) is 11.4 Å². The molecule has 0 heterocycles. The number of nitrogens with one attached hydrogen (secondary N) is 1. The second kappa shape index (κ2) is 5.91. The molecule has 0 radical (unpaired) electrons. The molecule has 98 valence electrons. The number of carbonyl (C=O) groups is 1. The van der Waals surface area contributed by atoms with Crippen molar-refractivity contribution < 1.29 is 4.79 Å². The Balaban J connectivity index is 2.13. The van der Waals surface area contributed by atoms with E-state index in [1.165, 1.54) is 0 Å². The number of rotatable bonds is 3. The number of urea groups is 1. The van der Waals surface area contributed by atoms with Gasteiger partial charge in [-0.05, 0) is 43.3 Å². The Labute approximate surface area is 112 Å². The van der Waals surface area contributed by atoms with E-state index in [-0.39, 0.29) is 6.03 Å². The first-order valence-electron chi connectivity index (χ1n) is 6.20.